The summed E-state index contributed by atoms with van der Waals surface area (Å²) < 4.78 is 46.1. The van der Waals surface area contributed by atoms with Crippen molar-refractivity contribution in [3.63, 3.8) is 0 Å². The Hall–Kier alpha value is -3.43. The van der Waals surface area contributed by atoms with Crippen molar-refractivity contribution in [1.29, 1.82) is 0 Å². The van der Waals surface area contributed by atoms with Gasteiger partial charge in [-0.05, 0) is 44.2 Å². The number of fused-ring (bicyclic) bond motifs is 1. The molecule has 0 aliphatic carbocycles. The Bertz CT molecular complexity index is 1110. The van der Waals surface area contributed by atoms with Gasteiger partial charge >= 0.3 is 12.1 Å². The number of hydrogen-bond donors (Lipinski definition) is 2. The Balaban J connectivity index is 2.06. The van der Waals surface area contributed by atoms with Crippen LogP contribution < -0.4 is 10.3 Å². The molecule has 2 N–H and O–H groups in total. The second-order valence-electron chi connectivity index (χ2n) is 6.04. The third-order valence-corrected chi connectivity index (χ3v) is 3.97. The van der Waals surface area contributed by atoms with E-state index in [4.69, 9.17) is 9.84 Å². The number of ether oxygens (including phenoxy) is 1. The molecule has 0 unspecified atom stereocenters. The summed E-state index contributed by atoms with van der Waals surface area (Å²) in [5.41, 5.74) is -2.44. The molecule has 0 amide bonds. The first-order chi connectivity index (χ1) is 13.1. The van der Waals surface area contributed by atoms with Gasteiger partial charge in [-0.25, -0.2) is 14.8 Å². The number of aromatic amines is 1. The number of benzene rings is 1. The number of carboxylic acids is 1. The number of rotatable bonds is 4. The van der Waals surface area contributed by atoms with Crippen molar-refractivity contribution in [1.82, 2.24) is 15.0 Å². The highest BCUT2D eigenvalue weighted by molar-refractivity contribution is 5.87. The summed E-state index contributed by atoms with van der Waals surface area (Å²) in [6, 6.07) is 6.27. The number of alkyl halides is 3. The predicted molar refractivity (Wildman–Crippen MR) is 92.3 cm³/mol. The van der Waals surface area contributed by atoms with Gasteiger partial charge in [0.05, 0.1) is 10.9 Å². The van der Waals surface area contributed by atoms with E-state index in [0.29, 0.717) is 0 Å². The number of H-pyrrole nitrogens is 1. The molecule has 28 heavy (non-hydrogen) atoms. The largest absolute Gasteiger partial charge is 0.486 e. The third kappa shape index (κ3) is 3.80. The molecule has 1 aromatic carbocycles. The Morgan fingerprint density at radius 1 is 1.21 bits per heavy atom. The first-order valence-electron chi connectivity index (χ1n) is 8.05. The zero-order chi connectivity index (χ0) is 20.6. The molecular formula is C18H14F3N3O4. The number of hydrogen-bond acceptors (Lipinski definition) is 5. The molecule has 0 saturated heterocycles. The van der Waals surface area contributed by atoms with Gasteiger partial charge in [-0.2, -0.15) is 13.2 Å². The smallest absolute Gasteiger partial charge is 0.433 e. The predicted octanol–water partition coefficient (Wildman–Crippen LogP) is 3.48. The molecule has 0 saturated carbocycles. The lowest BCUT2D eigenvalue weighted by molar-refractivity contribution is -0.142. The average Bonchev–Trinajstić information content (AvgIpc) is 2.60. The lowest BCUT2D eigenvalue weighted by atomic mass is 10.1. The maximum Gasteiger partial charge on any atom is 0.433 e. The van der Waals surface area contributed by atoms with Crippen LogP contribution in [0.3, 0.4) is 0 Å². The molecule has 3 rings (SSSR count). The molecule has 3 aromatic rings. The standard InChI is InChI=1S/C18H14F3N3O4/c1-8(28-11-5-3-10(4-6-11)17(26)27)12-7-13-15(22-9(2)23-16(13)25)24-14(12)18(19,20)21/h3-8H,1-2H3,(H,26,27)(H,22,23,24,25)/t8-/m0/s1. The zero-order valence-corrected chi connectivity index (χ0v) is 14.7. The van der Waals surface area contributed by atoms with E-state index in [2.05, 4.69) is 15.0 Å². The van der Waals surface area contributed by atoms with Crippen LogP contribution in [0.25, 0.3) is 11.0 Å². The highest BCUT2D eigenvalue weighted by atomic mass is 19.4. The minimum Gasteiger partial charge on any atom is -0.486 e. The number of aromatic nitrogens is 3. The molecule has 0 spiro atoms. The second-order valence-corrected chi connectivity index (χ2v) is 6.04. The molecule has 0 aliphatic rings. The van der Waals surface area contributed by atoms with Crippen molar-refractivity contribution in [3.8, 4) is 5.75 Å². The molecule has 0 radical (unpaired) electrons. The topological polar surface area (TPSA) is 105 Å². The van der Waals surface area contributed by atoms with Crippen molar-refractivity contribution in [3.05, 3.63) is 63.3 Å². The summed E-state index contributed by atoms with van der Waals surface area (Å²) in [5, 5.41) is 8.80. The highest BCUT2D eigenvalue weighted by Crippen LogP contribution is 2.35. The van der Waals surface area contributed by atoms with Crippen LogP contribution in [0.2, 0.25) is 0 Å². The minimum atomic E-state index is -4.79. The normalized spacial score (nSPS) is 12.8. The van der Waals surface area contributed by atoms with E-state index in [0.717, 1.165) is 6.07 Å². The van der Waals surface area contributed by atoms with Crippen LogP contribution in [0, 0.1) is 6.92 Å². The summed E-state index contributed by atoms with van der Waals surface area (Å²) in [7, 11) is 0. The Morgan fingerprint density at radius 3 is 2.43 bits per heavy atom. The summed E-state index contributed by atoms with van der Waals surface area (Å²) in [6.45, 7) is 2.81. The van der Waals surface area contributed by atoms with Crippen LogP contribution in [-0.2, 0) is 6.18 Å². The van der Waals surface area contributed by atoms with Gasteiger partial charge in [0.25, 0.3) is 5.56 Å². The molecule has 0 fully saturated rings. The van der Waals surface area contributed by atoms with Crippen molar-refractivity contribution >= 4 is 17.0 Å². The SMILES string of the molecule is Cc1nc2nc(C(F)(F)F)c([C@H](C)Oc3ccc(C(=O)O)cc3)cc2c(=O)[nH]1. The van der Waals surface area contributed by atoms with Crippen molar-refractivity contribution < 1.29 is 27.8 Å². The van der Waals surface area contributed by atoms with Gasteiger partial charge in [-0.1, -0.05) is 0 Å². The first-order valence-corrected chi connectivity index (χ1v) is 8.05. The number of nitrogens with zero attached hydrogens (tertiary/aromatic N) is 2. The summed E-state index contributed by atoms with van der Waals surface area (Å²) in [5.74, 6) is -0.824. The maximum atomic E-state index is 13.5. The van der Waals surface area contributed by atoms with E-state index in [1.807, 2.05) is 0 Å². The third-order valence-electron chi connectivity index (χ3n) is 3.97. The quantitative estimate of drug-likeness (QED) is 0.703. The molecule has 0 aliphatic heterocycles. The number of carboxylic acid groups (broad SMARTS) is 1. The average molecular weight is 393 g/mol. The van der Waals surface area contributed by atoms with E-state index in [9.17, 15) is 22.8 Å². The highest BCUT2D eigenvalue weighted by Gasteiger charge is 2.38. The van der Waals surface area contributed by atoms with Gasteiger partial charge in [0, 0.05) is 5.56 Å². The fraction of sp³-hybridized carbons (Fsp3) is 0.222. The molecule has 0 bridgehead atoms. The minimum absolute atomic E-state index is 0.0105. The van der Waals surface area contributed by atoms with Gasteiger partial charge in [-0.3, -0.25) is 4.79 Å². The lowest BCUT2D eigenvalue weighted by Gasteiger charge is -2.19. The fourth-order valence-corrected chi connectivity index (χ4v) is 2.67. The number of aromatic carboxylic acids is 1. The van der Waals surface area contributed by atoms with Gasteiger partial charge in [0.2, 0.25) is 0 Å². The van der Waals surface area contributed by atoms with Crippen LogP contribution in [0.15, 0.2) is 35.1 Å². The van der Waals surface area contributed by atoms with Crippen molar-refractivity contribution in [2.75, 3.05) is 0 Å². The lowest BCUT2D eigenvalue weighted by Crippen LogP contribution is -2.19. The number of pyridine rings is 1. The van der Waals surface area contributed by atoms with Crippen LogP contribution in [0.5, 0.6) is 5.75 Å². The molecular weight excluding hydrogens is 379 g/mol. The number of nitrogens with one attached hydrogen (secondary N) is 1. The monoisotopic (exact) mass is 393 g/mol. The van der Waals surface area contributed by atoms with E-state index in [-0.39, 0.29) is 33.7 Å². The zero-order valence-electron chi connectivity index (χ0n) is 14.7. The van der Waals surface area contributed by atoms with Gasteiger partial charge in [-0.15, -0.1) is 0 Å². The van der Waals surface area contributed by atoms with Gasteiger partial charge in [0.1, 0.15) is 17.7 Å². The fourth-order valence-electron chi connectivity index (χ4n) is 2.67. The summed E-state index contributed by atoms with van der Waals surface area (Å²) in [4.78, 5) is 32.8. The second kappa shape index (κ2) is 6.95. The van der Waals surface area contributed by atoms with E-state index in [1.54, 1.807) is 0 Å². The number of halogens is 3. The van der Waals surface area contributed by atoms with Crippen molar-refractivity contribution in [2.45, 2.75) is 26.1 Å². The molecule has 2 heterocycles. The summed E-state index contributed by atoms with van der Waals surface area (Å²) >= 11 is 0. The maximum absolute atomic E-state index is 13.5. The van der Waals surface area contributed by atoms with Crippen molar-refractivity contribution in [2.24, 2.45) is 0 Å². The first kappa shape index (κ1) is 19.3. The Kier molecular flexibility index (Phi) is 4.80. The molecule has 2 aromatic heterocycles. The van der Waals surface area contributed by atoms with Crippen LogP contribution in [0.4, 0.5) is 13.2 Å². The van der Waals surface area contributed by atoms with Gasteiger partial charge < -0.3 is 14.8 Å². The van der Waals surface area contributed by atoms with Crippen LogP contribution in [0.1, 0.15) is 40.5 Å². The summed E-state index contributed by atoms with van der Waals surface area (Å²) in [6.07, 6.45) is -5.91. The number of carbonyl (C=O) groups is 1. The van der Waals surface area contributed by atoms with E-state index >= 15 is 0 Å². The number of aryl methyl sites for hydroxylation is 1. The molecule has 146 valence electrons. The van der Waals surface area contributed by atoms with Crippen LogP contribution in [-0.4, -0.2) is 26.0 Å². The molecule has 10 heteroatoms. The molecule has 1 atom stereocenters. The molecule has 7 nitrogen and oxygen atoms in total. The van der Waals surface area contributed by atoms with E-state index < -0.39 is 29.5 Å². The van der Waals surface area contributed by atoms with Crippen LogP contribution >= 0.6 is 0 Å². The van der Waals surface area contributed by atoms with Gasteiger partial charge in [0.15, 0.2) is 11.3 Å². The Morgan fingerprint density at radius 2 is 1.86 bits per heavy atom. The Labute approximate surface area is 155 Å². The van der Waals surface area contributed by atoms with E-state index in [1.165, 1.54) is 38.1 Å².